The summed E-state index contributed by atoms with van der Waals surface area (Å²) in [6.07, 6.45) is 1.86. The zero-order chi connectivity index (χ0) is 24.8. The van der Waals surface area contributed by atoms with E-state index in [1.807, 2.05) is 12.1 Å². The van der Waals surface area contributed by atoms with Crippen molar-refractivity contribution >= 4 is 34.4 Å². The van der Waals surface area contributed by atoms with Gasteiger partial charge in [-0.15, -0.1) is 0 Å². The Morgan fingerprint density at radius 2 is 1.77 bits per heavy atom. The molecule has 0 saturated carbocycles. The van der Waals surface area contributed by atoms with Crippen molar-refractivity contribution in [1.29, 1.82) is 0 Å². The zero-order valence-electron chi connectivity index (χ0n) is 18.3. The third-order valence-electron chi connectivity index (χ3n) is 5.05. The Hall–Kier alpha value is -3.73. The smallest absolute Gasteiger partial charge is 0.326 e. The minimum atomic E-state index is -4.52. The molecule has 3 heterocycles. The highest BCUT2D eigenvalue weighted by atomic mass is 32.2. The minimum absolute atomic E-state index is 0.0120. The molecule has 0 bridgehead atoms. The van der Waals surface area contributed by atoms with Gasteiger partial charge in [0.1, 0.15) is 5.25 Å². The number of nitrogens with zero attached hydrogens (tertiary/aromatic N) is 4. The molecule has 0 spiro atoms. The SMILES string of the molecule is O=C(CC1SC(=NCc2cccnc2)N(Cc2cccnc2)C1=O)Nc1cccc(C(F)(F)F)c1. The lowest BCUT2D eigenvalue weighted by Crippen LogP contribution is -2.33. The molecule has 7 nitrogen and oxygen atoms in total. The molecule has 4 rings (SSSR count). The molecule has 0 radical (unpaired) electrons. The van der Waals surface area contributed by atoms with Gasteiger partial charge in [-0.2, -0.15) is 13.2 Å². The number of carbonyl (C=O) groups is 2. The topological polar surface area (TPSA) is 87.6 Å². The molecule has 1 N–H and O–H groups in total. The number of alkyl halides is 3. The van der Waals surface area contributed by atoms with Gasteiger partial charge < -0.3 is 5.32 Å². The lowest BCUT2D eigenvalue weighted by molar-refractivity contribution is -0.137. The van der Waals surface area contributed by atoms with Crippen LogP contribution < -0.4 is 5.32 Å². The second-order valence-electron chi connectivity index (χ2n) is 7.68. The fourth-order valence-electron chi connectivity index (χ4n) is 3.38. The van der Waals surface area contributed by atoms with Gasteiger partial charge >= 0.3 is 6.18 Å². The first-order chi connectivity index (χ1) is 16.8. The number of hydrogen-bond donors (Lipinski definition) is 1. The van der Waals surface area contributed by atoms with Crippen molar-refractivity contribution in [3.63, 3.8) is 0 Å². The van der Waals surface area contributed by atoms with Gasteiger partial charge in [0.25, 0.3) is 0 Å². The number of hydrogen-bond acceptors (Lipinski definition) is 6. The van der Waals surface area contributed by atoms with Crippen LogP contribution in [0.15, 0.2) is 78.3 Å². The van der Waals surface area contributed by atoms with Crippen molar-refractivity contribution in [3.8, 4) is 0 Å². The first kappa shape index (κ1) is 24.4. The summed E-state index contributed by atoms with van der Waals surface area (Å²) in [5.41, 5.74) is 0.803. The molecular formula is C24H20F3N5O2S. The normalized spacial score (nSPS) is 17.1. The summed E-state index contributed by atoms with van der Waals surface area (Å²) in [6, 6.07) is 11.6. The van der Waals surface area contributed by atoms with E-state index in [1.165, 1.54) is 17.0 Å². The molecule has 11 heteroatoms. The Morgan fingerprint density at radius 1 is 1.06 bits per heavy atom. The van der Waals surface area contributed by atoms with Crippen LogP contribution in [0.3, 0.4) is 0 Å². The average molecular weight is 500 g/mol. The molecule has 1 aliphatic rings. The number of aromatic nitrogens is 2. The quantitative estimate of drug-likeness (QED) is 0.516. The Labute approximate surface area is 203 Å². The van der Waals surface area contributed by atoms with E-state index < -0.39 is 22.9 Å². The van der Waals surface area contributed by atoms with Gasteiger partial charge in [0.2, 0.25) is 11.8 Å². The van der Waals surface area contributed by atoms with Gasteiger partial charge in [0.15, 0.2) is 5.17 Å². The number of nitrogens with one attached hydrogen (secondary N) is 1. The third-order valence-corrected chi connectivity index (χ3v) is 6.26. The summed E-state index contributed by atoms with van der Waals surface area (Å²) in [5.74, 6) is -0.868. The lowest BCUT2D eigenvalue weighted by Gasteiger charge is -2.16. The van der Waals surface area contributed by atoms with E-state index in [1.54, 1.807) is 36.9 Å². The number of aliphatic imine (C=N–C) groups is 1. The van der Waals surface area contributed by atoms with Crippen LogP contribution in [0.5, 0.6) is 0 Å². The van der Waals surface area contributed by atoms with Crippen LogP contribution in [0.2, 0.25) is 0 Å². The van der Waals surface area contributed by atoms with E-state index in [0.29, 0.717) is 11.7 Å². The maximum atomic E-state index is 13.2. The second kappa shape index (κ2) is 10.7. The number of amides is 2. The summed E-state index contributed by atoms with van der Waals surface area (Å²) < 4.78 is 38.9. The summed E-state index contributed by atoms with van der Waals surface area (Å²) in [7, 11) is 0. The van der Waals surface area contributed by atoms with Gasteiger partial charge in [-0.3, -0.25) is 29.4 Å². The van der Waals surface area contributed by atoms with E-state index >= 15 is 0 Å². The van der Waals surface area contributed by atoms with Crippen molar-refractivity contribution in [1.82, 2.24) is 14.9 Å². The molecular weight excluding hydrogens is 479 g/mol. The summed E-state index contributed by atoms with van der Waals surface area (Å²) in [4.78, 5) is 40.0. The van der Waals surface area contributed by atoms with Gasteiger partial charge in [0.05, 0.1) is 18.7 Å². The van der Waals surface area contributed by atoms with Crippen molar-refractivity contribution in [2.24, 2.45) is 4.99 Å². The van der Waals surface area contributed by atoms with Gasteiger partial charge in [-0.25, -0.2) is 0 Å². The number of thioether (sulfide) groups is 1. The molecule has 0 aliphatic carbocycles. The maximum absolute atomic E-state index is 13.2. The van der Waals surface area contributed by atoms with Crippen LogP contribution in [0.25, 0.3) is 0 Å². The summed E-state index contributed by atoms with van der Waals surface area (Å²) in [5, 5.41) is 2.16. The van der Waals surface area contributed by atoms with Crippen LogP contribution >= 0.6 is 11.8 Å². The van der Waals surface area contributed by atoms with E-state index in [9.17, 15) is 22.8 Å². The van der Waals surface area contributed by atoms with E-state index in [4.69, 9.17) is 0 Å². The van der Waals surface area contributed by atoms with Crippen LogP contribution in [0, 0.1) is 0 Å². The first-order valence-electron chi connectivity index (χ1n) is 10.6. The number of rotatable bonds is 7. The van der Waals surface area contributed by atoms with Crippen LogP contribution in [0.4, 0.5) is 18.9 Å². The second-order valence-corrected chi connectivity index (χ2v) is 8.85. The molecule has 1 aliphatic heterocycles. The van der Waals surface area contributed by atoms with Crippen molar-refractivity contribution in [2.75, 3.05) is 5.32 Å². The number of amidine groups is 1. The highest BCUT2D eigenvalue weighted by molar-refractivity contribution is 8.15. The standard InChI is InChI=1S/C24H20F3N5O2S/c25-24(26,27)18-6-1-7-19(10-18)31-21(33)11-20-22(34)32(15-17-5-3-9-29-13-17)23(35-20)30-14-16-4-2-8-28-12-16/h1-10,12-13,20H,11,14-15H2,(H,31,33). The molecule has 3 aromatic rings. The molecule has 1 unspecified atom stereocenters. The largest absolute Gasteiger partial charge is 0.416 e. The fourth-order valence-corrected chi connectivity index (χ4v) is 4.52. The molecule has 2 amide bonds. The predicted molar refractivity (Wildman–Crippen MR) is 126 cm³/mol. The zero-order valence-corrected chi connectivity index (χ0v) is 19.1. The highest BCUT2D eigenvalue weighted by Gasteiger charge is 2.39. The van der Waals surface area contributed by atoms with Gasteiger partial charge in [0, 0.05) is 36.9 Å². The Balaban J connectivity index is 1.48. The van der Waals surface area contributed by atoms with E-state index in [0.717, 1.165) is 35.0 Å². The molecule has 35 heavy (non-hydrogen) atoms. The summed E-state index contributed by atoms with van der Waals surface area (Å²) in [6.45, 7) is 0.535. The number of halogens is 3. The van der Waals surface area contributed by atoms with E-state index in [-0.39, 0.29) is 24.6 Å². The van der Waals surface area contributed by atoms with E-state index in [2.05, 4.69) is 20.3 Å². The number of pyridine rings is 2. The van der Waals surface area contributed by atoms with Crippen LogP contribution in [0.1, 0.15) is 23.1 Å². The summed E-state index contributed by atoms with van der Waals surface area (Å²) >= 11 is 1.16. The maximum Gasteiger partial charge on any atom is 0.416 e. The molecule has 180 valence electrons. The molecule has 1 atom stereocenters. The number of anilines is 1. The third kappa shape index (κ3) is 6.44. The Kier molecular flexibility index (Phi) is 7.45. The Bertz CT molecular complexity index is 1220. The molecule has 1 aromatic carbocycles. The number of benzene rings is 1. The molecule has 2 aromatic heterocycles. The Morgan fingerprint density at radius 3 is 2.43 bits per heavy atom. The van der Waals surface area contributed by atoms with Crippen LogP contribution in [-0.2, 0) is 28.9 Å². The van der Waals surface area contributed by atoms with Gasteiger partial charge in [-0.1, -0.05) is 30.0 Å². The lowest BCUT2D eigenvalue weighted by atomic mass is 10.2. The van der Waals surface area contributed by atoms with Crippen molar-refractivity contribution < 1.29 is 22.8 Å². The first-order valence-corrected chi connectivity index (χ1v) is 11.4. The van der Waals surface area contributed by atoms with Crippen LogP contribution in [-0.4, -0.2) is 37.1 Å². The number of carbonyl (C=O) groups excluding carboxylic acids is 2. The fraction of sp³-hybridized carbons (Fsp3) is 0.208. The van der Waals surface area contributed by atoms with Gasteiger partial charge in [-0.05, 0) is 41.5 Å². The monoisotopic (exact) mass is 499 g/mol. The van der Waals surface area contributed by atoms with Crippen molar-refractivity contribution in [3.05, 3.63) is 90.0 Å². The average Bonchev–Trinajstić information content (AvgIpc) is 3.12. The molecule has 1 saturated heterocycles. The minimum Gasteiger partial charge on any atom is -0.326 e. The predicted octanol–water partition coefficient (Wildman–Crippen LogP) is 4.52. The highest BCUT2D eigenvalue weighted by Crippen LogP contribution is 2.33. The van der Waals surface area contributed by atoms with Crippen molar-refractivity contribution in [2.45, 2.75) is 30.9 Å². The molecule has 1 fully saturated rings.